The van der Waals surface area contributed by atoms with E-state index in [2.05, 4.69) is 15.3 Å². The van der Waals surface area contributed by atoms with E-state index < -0.39 is 24.5 Å². The van der Waals surface area contributed by atoms with E-state index in [9.17, 15) is 10.2 Å². The Balaban J connectivity index is 1.67. The first-order valence-electron chi connectivity index (χ1n) is 10.2. The van der Waals surface area contributed by atoms with Gasteiger partial charge in [0.25, 0.3) is 0 Å². The van der Waals surface area contributed by atoms with Gasteiger partial charge in [-0.2, -0.15) is 0 Å². The summed E-state index contributed by atoms with van der Waals surface area (Å²) in [6, 6.07) is 17.1. The van der Waals surface area contributed by atoms with Crippen molar-refractivity contribution in [1.29, 1.82) is 0 Å². The zero-order valence-corrected chi connectivity index (χ0v) is 17.7. The van der Waals surface area contributed by atoms with E-state index in [1.165, 1.54) is 6.33 Å². The van der Waals surface area contributed by atoms with Gasteiger partial charge < -0.3 is 30.6 Å². The van der Waals surface area contributed by atoms with Gasteiger partial charge in [0.2, 0.25) is 0 Å². The molecule has 1 fully saturated rings. The van der Waals surface area contributed by atoms with Crippen LogP contribution in [0.2, 0.25) is 5.02 Å². The number of fused-ring (bicyclic) bond motifs is 1. The molecule has 0 amide bonds. The van der Waals surface area contributed by atoms with E-state index in [1.807, 2.05) is 48.7 Å². The van der Waals surface area contributed by atoms with Crippen LogP contribution in [0.3, 0.4) is 0 Å². The average Bonchev–Trinajstić information content (AvgIpc) is 3.34. The molecule has 164 valence electrons. The predicted molar refractivity (Wildman–Crippen MR) is 123 cm³/mol. The average molecular weight is 452 g/mol. The lowest BCUT2D eigenvalue weighted by atomic mass is 10.1. The molecule has 1 saturated heterocycles. The Kier molecular flexibility index (Phi) is 5.54. The molecule has 0 radical (unpaired) electrons. The van der Waals surface area contributed by atoms with Gasteiger partial charge >= 0.3 is 0 Å². The second kappa shape index (κ2) is 8.50. The van der Waals surface area contributed by atoms with Crippen molar-refractivity contribution in [3.8, 4) is 11.1 Å². The minimum atomic E-state index is -1.15. The number of anilines is 2. The molecule has 8 nitrogen and oxygen atoms in total. The van der Waals surface area contributed by atoms with Gasteiger partial charge in [-0.25, -0.2) is 9.97 Å². The summed E-state index contributed by atoms with van der Waals surface area (Å²) < 4.78 is 7.62. The van der Waals surface area contributed by atoms with Gasteiger partial charge in [0.15, 0.2) is 6.23 Å². The Morgan fingerprint density at radius 2 is 1.78 bits per heavy atom. The van der Waals surface area contributed by atoms with Crippen molar-refractivity contribution in [3.63, 3.8) is 0 Å². The smallest absolute Gasteiger partial charge is 0.164 e. The first-order chi connectivity index (χ1) is 15.6. The summed E-state index contributed by atoms with van der Waals surface area (Å²) >= 11 is 6.02. The molecular weight excluding hydrogens is 430 g/mol. The summed E-state index contributed by atoms with van der Waals surface area (Å²) in [5.41, 5.74) is 8.89. The van der Waals surface area contributed by atoms with Crippen molar-refractivity contribution >= 4 is 34.1 Å². The fraction of sp³-hybridized carbons (Fsp3) is 0.217. The Labute approximate surface area is 189 Å². The molecule has 1 aliphatic heterocycles. The summed E-state index contributed by atoms with van der Waals surface area (Å²) in [5, 5.41) is 25.7. The summed E-state index contributed by atoms with van der Waals surface area (Å²) in [4.78, 5) is 8.96. The molecule has 4 atom stereocenters. The van der Waals surface area contributed by atoms with Crippen molar-refractivity contribution in [3.05, 3.63) is 72.1 Å². The van der Waals surface area contributed by atoms with Crippen LogP contribution in [-0.4, -0.2) is 49.6 Å². The SMILES string of the molecule is NC[C@H]1O[C@@H](n2cc(-c3ccccc3)c3c(Nc4ccc(Cl)cc4)ncnc32)[C@@H](O)[C@H]1O. The molecule has 0 saturated carbocycles. The largest absolute Gasteiger partial charge is 0.387 e. The molecule has 9 heteroatoms. The van der Waals surface area contributed by atoms with Crippen molar-refractivity contribution in [2.45, 2.75) is 24.5 Å². The Bertz CT molecular complexity index is 1230. The number of nitrogens with zero attached hydrogens (tertiary/aromatic N) is 3. The van der Waals surface area contributed by atoms with Crippen LogP contribution in [0.15, 0.2) is 67.1 Å². The fourth-order valence-corrected chi connectivity index (χ4v) is 4.16. The Hall–Kier alpha value is -3.01. The minimum absolute atomic E-state index is 0.0951. The molecular formula is C23H22ClN5O3. The van der Waals surface area contributed by atoms with E-state index >= 15 is 0 Å². The third kappa shape index (κ3) is 3.62. The molecule has 4 aromatic rings. The first-order valence-corrected chi connectivity index (χ1v) is 10.6. The lowest BCUT2D eigenvalue weighted by molar-refractivity contribution is -0.0318. The summed E-state index contributed by atoms with van der Waals surface area (Å²) in [5.74, 6) is 0.596. The lowest BCUT2D eigenvalue weighted by Gasteiger charge is -2.17. The molecule has 0 aliphatic carbocycles. The second-order valence-corrected chi connectivity index (χ2v) is 8.09. The van der Waals surface area contributed by atoms with Crippen LogP contribution in [0, 0.1) is 0 Å². The van der Waals surface area contributed by atoms with Gasteiger partial charge in [0.1, 0.15) is 36.1 Å². The van der Waals surface area contributed by atoms with Crippen LogP contribution in [0.5, 0.6) is 0 Å². The number of halogens is 1. The third-order valence-electron chi connectivity index (χ3n) is 5.64. The number of ether oxygens (including phenoxy) is 1. The summed E-state index contributed by atoms with van der Waals surface area (Å²) in [7, 11) is 0. The third-order valence-corrected chi connectivity index (χ3v) is 5.90. The van der Waals surface area contributed by atoms with Gasteiger partial charge in [-0.15, -0.1) is 0 Å². The summed E-state index contributed by atoms with van der Waals surface area (Å²) in [6.45, 7) is 0.0951. The number of nitrogens with one attached hydrogen (secondary N) is 1. The predicted octanol–water partition coefficient (Wildman–Crippen LogP) is 3.07. The van der Waals surface area contributed by atoms with Crippen LogP contribution in [0.25, 0.3) is 22.2 Å². The highest BCUT2D eigenvalue weighted by Crippen LogP contribution is 2.39. The van der Waals surface area contributed by atoms with Crippen molar-refractivity contribution in [2.75, 3.05) is 11.9 Å². The van der Waals surface area contributed by atoms with Crippen LogP contribution < -0.4 is 11.1 Å². The number of aliphatic hydroxyl groups is 2. The standard InChI is InChI=1S/C23H22ClN5O3/c24-14-6-8-15(9-7-14)28-21-18-16(13-4-2-1-3-5-13)11-29(22(18)27-12-26-21)23-20(31)19(30)17(10-25)32-23/h1-9,11-12,17,19-20,23,30-31H,10,25H2,(H,26,27,28)/t17-,19+,20+,23-/m1/s1. The zero-order chi connectivity index (χ0) is 22.2. The van der Waals surface area contributed by atoms with Gasteiger partial charge in [0, 0.05) is 29.0 Å². The molecule has 0 spiro atoms. The Morgan fingerprint density at radius 3 is 2.47 bits per heavy atom. The van der Waals surface area contributed by atoms with E-state index in [4.69, 9.17) is 22.1 Å². The van der Waals surface area contributed by atoms with Crippen LogP contribution >= 0.6 is 11.6 Å². The molecule has 0 unspecified atom stereocenters. The number of rotatable bonds is 5. The van der Waals surface area contributed by atoms with E-state index in [0.29, 0.717) is 16.5 Å². The molecule has 3 heterocycles. The van der Waals surface area contributed by atoms with Crippen LogP contribution in [-0.2, 0) is 4.74 Å². The zero-order valence-electron chi connectivity index (χ0n) is 17.0. The van der Waals surface area contributed by atoms with E-state index in [1.54, 1.807) is 16.7 Å². The Morgan fingerprint density at radius 1 is 1.03 bits per heavy atom. The normalized spacial score (nSPS) is 23.0. The summed E-state index contributed by atoms with van der Waals surface area (Å²) in [6.07, 6.45) is -0.426. The van der Waals surface area contributed by atoms with Gasteiger partial charge in [-0.3, -0.25) is 0 Å². The number of aromatic nitrogens is 3. The maximum absolute atomic E-state index is 10.7. The minimum Gasteiger partial charge on any atom is -0.387 e. The van der Waals surface area contributed by atoms with Crippen molar-refractivity contribution < 1.29 is 14.9 Å². The molecule has 5 rings (SSSR count). The van der Waals surface area contributed by atoms with Gasteiger partial charge in [-0.05, 0) is 29.8 Å². The monoisotopic (exact) mass is 451 g/mol. The number of hydrogen-bond donors (Lipinski definition) is 4. The van der Waals surface area contributed by atoms with Crippen LogP contribution in [0.4, 0.5) is 11.5 Å². The number of aliphatic hydroxyl groups excluding tert-OH is 2. The van der Waals surface area contributed by atoms with E-state index in [-0.39, 0.29) is 6.54 Å². The molecule has 5 N–H and O–H groups in total. The fourth-order valence-electron chi connectivity index (χ4n) is 4.03. The maximum atomic E-state index is 10.7. The van der Waals surface area contributed by atoms with E-state index in [0.717, 1.165) is 22.2 Å². The van der Waals surface area contributed by atoms with Crippen LogP contribution in [0.1, 0.15) is 6.23 Å². The second-order valence-electron chi connectivity index (χ2n) is 7.65. The van der Waals surface area contributed by atoms with Crippen molar-refractivity contribution in [1.82, 2.24) is 14.5 Å². The number of nitrogens with two attached hydrogens (primary N) is 1. The van der Waals surface area contributed by atoms with Crippen molar-refractivity contribution in [2.24, 2.45) is 5.73 Å². The topological polar surface area (TPSA) is 118 Å². The molecule has 0 bridgehead atoms. The first kappa shape index (κ1) is 20.9. The van der Waals surface area contributed by atoms with Gasteiger partial charge in [0.05, 0.1) is 5.39 Å². The number of hydrogen-bond acceptors (Lipinski definition) is 7. The molecule has 2 aromatic heterocycles. The number of benzene rings is 2. The molecule has 2 aromatic carbocycles. The lowest BCUT2D eigenvalue weighted by Crippen LogP contribution is -2.35. The highest BCUT2D eigenvalue weighted by atomic mass is 35.5. The highest BCUT2D eigenvalue weighted by molar-refractivity contribution is 6.30. The maximum Gasteiger partial charge on any atom is 0.164 e. The molecule has 32 heavy (non-hydrogen) atoms. The quantitative estimate of drug-likeness (QED) is 0.368. The van der Waals surface area contributed by atoms with Gasteiger partial charge in [-0.1, -0.05) is 41.9 Å². The molecule has 1 aliphatic rings. The highest BCUT2D eigenvalue weighted by Gasteiger charge is 2.43.